The molecule has 0 amide bonds. The van der Waals surface area contributed by atoms with Crippen LogP contribution in [0.2, 0.25) is 0 Å². The van der Waals surface area contributed by atoms with Crippen LogP contribution in [0.5, 0.6) is 0 Å². The highest BCUT2D eigenvalue weighted by Gasteiger charge is 2.20. The second kappa shape index (κ2) is 6.04. The van der Waals surface area contributed by atoms with Crippen LogP contribution in [0.3, 0.4) is 0 Å². The molecule has 1 fully saturated rings. The second-order valence-electron chi connectivity index (χ2n) is 4.94. The fourth-order valence-corrected chi connectivity index (χ4v) is 3.17. The molecule has 0 aliphatic carbocycles. The van der Waals surface area contributed by atoms with Gasteiger partial charge in [-0.2, -0.15) is 0 Å². The molecular weight excluding hydrogens is 292 g/mol. The van der Waals surface area contributed by atoms with Crippen molar-refractivity contribution in [2.75, 3.05) is 25.1 Å². The van der Waals surface area contributed by atoms with E-state index < -0.39 is 0 Å². The fourth-order valence-electron chi connectivity index (χ4n) is 2.45. The number of benzene rings is 1. The van der Waals surface area contributed by atoms with Crippen molar-refractivity contribution in [1.82, 2.24) is 0 Å². The third-order valence-electron chi connectivity index (χ3n) is 3.55. The van der Waals surface area contributed by atoms with Gasteiger partial charge in [0, 0.05) is 36.4 Å². The second-order valence-corrected chi connectivity index (χ2v) is 5.79. The maximum atomic E-state index is 5.92. The van der Waals surface area contributed by atoms with Gasteiger partial charge < -0.3 is 15.4 Å². The van der Waals surface area contributed by atoms with Gasteiger partial charge in [0.1, 0.15) is 0 Å². The van der Waals surface area contributed by atoms with Gasteiger partial charge in [0.25, 0.3) is 0 Å². The van der Waals surface area contributed by atoms with Crippen LogP contribution in [0.15, 0.2) is 22.7 Å². The van der Waals surface area contributed by atoms with E-state index in [-0.39, 0.29) is 6.04 Å². The van der Waals surface area contributed by atoms with E-state index in [0.29, 0.717) is 6.10 Å². The summed E-state index contributed by atoms with van der Waals surface area (Å²) in [4.78, 5) is 2.38. The Hall–Kier alpha value is -0.580. The molecule has 2 rings (SSSR count). The lowest BCUT2D eigenvalue weighted by molar-refractivity contribution is 0.0893. The van der Waals surface area contributed by atoms with Crippen molar-refractivity contribution in [3.05, 3.63) is 28.2 Å². The number of nitrogens with two attached hydrogens (primary N) is 1. The fraction of sp³-hybridized carbons (Fsp3) is 0.571. The molecule has 0 spiro atoms. The molecule has 0 radical (unpaired) electrons. The van der Waals surface area contributed by atoms with Crippen LogP contribution in [0.1, 0.15) is 31.4 Å². The number of ether oxygens (including phenoxy) is 1. The lowest BCUT2D eigenvalue weighted by Crippen LogP contribution is -2.39. The van der Waals surface area contributed by atoms with Crippen molar-refractivity contribution in [2.45, 2.75) is 31.9 Å². The summed E-state index contributed by atoms with van der Waals surface area (Å²) in [6.45, 7) is 4.08. The predicted molar refractivity (Wildman–Crippen MR) is 79.0 cm³/mol. The minimum absolute atomic E-state index is 0.0569. The average molecular weight is 313 g/mol. The summed E-state index contributed by atoms with van der Waals surface area (Å²) in [6.07, 6.45) is 2.70. The van der Waals surface area contributed by atoms with Crippen molar-refractivity contribution in [2.24, 2.45) is 5.73 Å². The summed E-state index contributed by atoms with van der Waals surface area (Å²) in [5, 5.41) is 0. The van der Waals surface area contributed by atoms with Gasteiger partial charge in [-0.25, -0.2) is 0 Å². The van der Waals surface area contributed by atoms with Gasteiger partial charge >= 0.3 is 0 Å². The van der Waals surface area contributed by atoms with Crippen molar-refractivity contribution in [3.63, 3.8) is 0 Å². The largest absolute Gasteiger partial charge is 0.380 e. The van der Waals surface area contributed by atoms with Crippen LogP contribution in [-0.4, -0.2) is 26.3 Å². The van der Waals surface area contributed by atoms with Gasteiger partial charge in [0.15, 0.2) is 0 Å². The SMILES string of the molecule is COC1CCCN(c2ccc([C@@H](C)N)c(Br)c2)C1. The maximum Gasteiger partial charge on any atom is 0.0746 e. The molecule has 4 heteroatoms. The highest BCUT2D eigenvalue weighted by atomic mass is 79.9. The van der Waals surface area contributed by atoms with Gasteiger partial charge in [-0.15, -0.1) is 0 Å². The van der Waals surface area contributed by atoms with Crippen LogP contribution < -0.4 is 10.6 Å². The summed E-state index contributed by atoms with van der Waals surface area (Å²) >= 11 is 3.61. The summed E-state index contributed by atoms with van der Waals surface area (Å²) in [7, 11) is 1.79. The van der Waals surface area contributed by atoms with E-state index in [9.17, 15) is 0 Å². The molecule has 1 unspecified atom stereocenters. The zero-order chi connectivity index (χ0) is 13.1. The minimum atomic E-state index is 0.0569. The van der Waals surface area contributed by atoms with Gasteiger partial charge in [0.2, 0.25) is 0 Å². The molecule has 3 nitrogen and oxygen atoms in total. The molecule has 2 atom stereocenters. The standard InChI is InChI=1S/C14H21BrN2O/c1-10(16)13-6-5-11(8-14(13)15)17-7-3-4-12(9-17)18-2/h5-6,8,10,12H,3-4,7,9,16H2,1-2H3/t10-,12?/m1/s1. The molecule has 1 aromatic rings. The number of rotatable bonds is 3. The molecule has 1 aliphatic rings. The smallest absolute Gasteiger partial charge is 0.0746 e. The summed E-state index contributed by atoms with van der Waals surface area (Å²) in [5.41, 5.74) is 8.32. The highest BCUT2D eigenvalue weighted by molar-refractivity contribution is 9.10. The van der Waals surface area contributed by atoms with E-state index >= 15 is 0 Å². The molecule has 1 aromatic carbocycles. The van der Waals surface area contributed by atoms with Gasteiger partial charge in [-0.05, 0) is 37.5 Å². The topological polar surface area (TPSA) is 38.5 Å². The minimum Gasteiger partial charge on any atom is -0.380 e. The molecule has 100 valence electrons. The van der Waals surface area contributed by atoms with Crippen molar-refractivity contribution >= 4 is 21.6 Å². The molecule has 1 saturated heterocycles. The van der Waals surface area contributed by atoms with Crippen LogP contribution in [0.4, 0.5) is 5.69 Å². The Morgan fingerprint density at radius 3 is 2.89 bits per heavy atom. The number of anilines is 1. The lowest BCUT2D eigenvalue weighted by Gasteiger charge is -2.34. The third-order valence-corrected chi connectivity index (χ3v) is 4.24. The van der Waals surface area contributed by atoms with Crippen molar-refractivity contribution in [1.29, 1.82) is 0 Å². The number of halogens is 1. The monoisotopic (exact) mass is 312 g/mol. The van der Waals surface area contributed by atoms with E-state index in [4.69, 9.17) is 10.5 Å². The molecular formula is C14H21BrN2O. The van der Waals surface area contributed by atoms with Crippen LogP contribution in [-0.2, 0) is 4.74 Å². The first-order valence-electron chi connectivity index (χ1n) is 6.44. The molecule has 0 saturated carbocycles. The van der Waals surface area contributed by atoms with Gasteiger partial charge in [0.05, 0.1) is 6.10 Å². The average Bonchev–Trinajstić information content (AvgIpc) is 2.38. The zero-order valence-electron chi connectivity index (χ0n) is 11.0. The number of hydrogen-bond acceptors (Lipinski definition) is 3. The van der Waals surface area contributed by atoms with Crippen molar-refractivity contribution < 1.29 is 4.74 Å². The first-order chi connectivity index (χ1) is 8.61. The quantitative estimate of drug-likeness (QED) is 0.932. The molecule has 2 N–H and O–H groups in total. The molecule has 18 heavy (non-hydrogen) atoms. The Labute approximate surface area is 117 Å². The summed E-state index contributed by atoms with van der Waals surface area (Å²) in [6, 6.07) is 6.49. The Bertz CT molecular complexity index is 409. The third kappa shape index (κ3) is 3.05. The van der Waals surface area contributed by atoms with Crippen LogP contribution >= 0.6 is 15.9 Å². The van der Waals surface area contributed by atoms with Gasteiger partial charge in [-0.3, -0.25) is 0 Å². The van der Waals surface area contributed by atoms with E-state index in [1.807, 2.05) is 6.92 Å². The summed E-state index contributed by atoms with van der Waals surface area (Å²) < 4.78 is 6.55. The maximum absolute atomic E-state index is 5.92. The van der Waals surface area contributed by atoms with Crippen molar-refractivity contribution in [3.8, 4) is 0 Å². The molecule has 1 aliphatic heterocycles. The molecule has 0 bridgehead atoms. The number of methoxy groups -OCH3 is 1. The predicted octanol–water partition coefficient (Wildman–Crippen LogP) is 3.08. The normalized spacial score (nSPS) is 22.0. The first kappa shape index (κ1) is 13.8. The first-order valence-corrected chi connectivity index (χ1v) is 7.24. The van der Waals surface area contributed by atoms with E-state index in [1.54, 1.807) is 7.11 Å². The number of nitrogens with zero attached hydrogens (tertiary/aromatic N) is 1. The van der Waals surface area contributed by atoms with Crippen LogP contribution in [0.25, 0.3) is 0 Å². The Morgan fingerprint density at radius 2 is 2.28 bits per heavy atom. The Kier molecular flexibility index (Phi) is 4.65. The van der Waals surface area contributed by atoms with E-state index in [1.165, 1.54) is 12.1 Å². The molecule has 0 aromatic heterocycles. The zero-order valence-corrected chi connectivity index (χ0v) is 12.6. The number of hydrogen-bond donors (Lipinski definition) is 1. The van der Waals surface area contributed by atoms with E-state index in [2.05, 4.69) is 39.0 Å². The lowest BCUT2D eigenvalue weighted by atomic mass is 10.1. The Morgan fingerprint density at radius 1 is 1.50 bits per heavy atom. The Balaban J connectivity index is 2.16. The van der Waals surface area contributed by atoms with Crippen LogP contribution in [0, 0.1) is 0 Å². The highest BCUT2D eigenvalue weighted by Crippen LogP contribution is 2.29. The summed E-state index contributed by atoms with van der Waals surface area (Å²) in [5.74, 6) is 0. The van der Waals surface area contributed by atoms with E-state index in [0.717, 1.165) is 29.5 Å². The molecule has 1 heterocycles. The number of piperidine rings is 1. The van der Waals surface area contributed by atoms with Gasteiger partial charge in [-0.1, -0.05) is 22.0 Å².